The van der Waals surface area contributed by atoms with Crippen LogP contribution in [0.25, 0.3) is 0 Å². The molecule has 0 radical (unpaired) electrons. The fourth-order valence-corrected chi connectivity index (χ4v) is 3.89. The number of hydrogen-bond donors (Lipinski definition) is 1. The number of carbonyl (C=O) groups excluding carboxylic acids is 1. The zero-order valence-electron chi connectivity index (χ0n) is 14.8. The van der Waals surface area contributed by atoms with E-state index in [1.165, 1.54) is 22.5 Å². The number of nitrogens with zero attached hydrogens (tertiary/aromatic N) is 2. The predicted octanol–water partition coefficient (Wildman–Crippen LogP) is 4.65. The molecule has 4 rings (SSSR count). The Kier molecular flexibility index (Phi) is 6.39. The largest absolute Gasteiger partial charge is 0.298 e. The number of amides is 1. The summed E-state index contributed by atoms with van der Waals surface area (Å²) in [7, 11) is 0. The van der Waals surface area contributed by atoms with Crippen LogP contribution in [-0.2, 0) is 19.5 Å². The van der Waals surface area contributed by atoms with Crippen molar-refractivity contribution >= 4 is 34.8 Å². The summed E-state index contributed by atoms with van der Waals surface area (Å²) in [5, 5.41) is 4.86. The molecule has 28 heavy (non-hydrogen) atoms. The van der Waals surface area contributed by atoms with Crippen molar-refractivity contribution in [3.63, 3.8) is 0 Å². The third kappa shape index (κ3) is 4.55. The molecule has 4 nitrogen and oxygen atoms in total. The number of thiazole rings is 1. The molecule has 1 aliphatic rings. The van der Waals surface area contributed by atoms with Gasteiger partial charge >= 0.3 is 0 Å². The molecule has 0 spiro atoms. The summed E-state index contributed by atoms with van der Waals surface area (Å²) in [6, 6.07) is 11.3. The Morgan fingerprint density at radius 3 is 2.75 bits per heavy atom. The fraction of sp³-hybridized carbons (Fsp3) is 0.200. The van der Waals surface area contributed by atoms with E-state index in [1.54, 1.807) is 0 Å². The molecule has 0 saturated heterocycles. The molecule has 0 bridgehead atoms. The summed E-state index contributed by atoms with van der Waals surface area (Å²) in [4.78, 5) is 18.9. The first kappa shape index (κ1) is 20.4. The molecule has 1 amide bonds. The van der Waals surface area contributed by atoms with Gasteiger partial charge in [0.05, 0.1) is 11.3 Å². The topological polar surface area (TPSA) is 45.2 Å². The Bertz CT molecular complexity index is 995. The van der Waals surface area contributed by atoms with Crippen molar-refractivity contribution in [1.29, 1.82) is 0 Å². The SMILES string of the molecule is Cl.O=C(Nc1nc(CN2CCc3ccccc3C2)cs1)c1ccc(F)cc1F. The number of rotatable bonds is 4. The summed E-state index contributed by atoms with van der Waals surface area (Å²) in [5.41, 5.74) is 3.37. The highest BCUT2D eigenvalue weighted by atomic mass is 35.5. The summed E-state index contributed by atoms with van der Waals surface area (Å²) in [6.07, 6.45) is 1.01. The molecule has 1 N–H and O–H groups in total. The highest BCUT2D eigenvalue weighted by Gasteiger charge is 2.18. The number of halogens is 3. The van der Waals surface area contributed by atoms with Crippen molar-refractivity contribution in [2.24, 2.45) is 0 Å². The van der Waals surface area contributed by atoms with Crippen molar-refractivity contribution in [3.05, 3.63) is 81.9 Å². The standard InChI is InChI=1S/C20H17F2N3OS.ClH/c21-15-5-6-17(18(22)9-15)19(26)24-20-23-16(12-27-20)11-25-8-7-13-3-1-2-4-14(13)10-25;/h1-6,9,12H,7-8,10-11H2,(H,23,24,26);1H. The third-order valence-electron chi connectivity index (χ3n) is 4.54. The molecule has 0 atom stereocenters. The molecule has 8 heteroatoms. The minimum atomic E-state index is -0.892. The van der Waals surface area contributed by atoms with Gasteiger partial charge in [-0.25, -0.2) is 13.8 Å². The lowest BCUT2D eigenvalue weighted by Gasteiger charge is -2.27. The molecule has 3 aromatic rings. The minimum Gasteiger partial charge on any atom is -0.298 e. The Morgan fingerprint density at radius 2 is 1.96 bits per heavy atom. The van der Waals surface area contributed by atoms with Gasteiger partial charge in [0.15, 0.2) is 5.13 Å². The minimum absolute atomic E-state index is 0. The zero-order chi connectivity index (χ0) is 18.8. The summed E-state index contributed by atoms with van der Waals surface area (Å²) in [6.45, 7) is 2.51. The normalized spacial score (nSPS) is 13.5. The quantitative estimate of drug-likeness (QED) is 0.666. The van der Waals surface area contributed by atoms with Gasteiger partial charge in [-0.1, -0.05) is 24.3 Å². The van der Waals surface area contributed by atoms with Crippen LogP contribution in [0, 0.1) is 11.6 Å². The zero-order valence-corrected chi connectivity index (χ0v) is 16.5. The number of nitrogens with one attached hydrogen (secondary N) is 1. The smallest absolute Gasteiger partial charge is 0.260 e. The van der Waals surface area contributed by atoms with Crippen molar-refractivity contribution in [1.82, 2.24) is 9.88 Å². The lowest BCUT2D eigenvalue weighted by molar-refractivity contribution is 0.102. The van der Waals surface area contributed by atoms with Crippen LogP contribution in [0.3, 0.4) is 0 Å². The van der Waals surface area contributed by atoms with Gasteiger partial charge in [0, 0.05) is 31.1 Å². The van der Waals surface area contributed by atoms with Gasteiger partial charge in [0.1, 0.15) is 11.6 Å². The van der Waals surface area contributed by atoms with Gasteiger partial charge in [-0.15, -0.1) is 23.7 Å². The van der Waals surface area contributed by atoms with E-state index in [1.807, 2.05) is 11.4 Å². The molecule has 2 heterocycles. The van der Waals surface area contributed by atoms with Crippen LogP contribution in [-0.4, -0.2) is 22.3 Å². The molecule has 1 aliphatic heterocycles. The maximum Gasteiger partial charge on any atom is 0.260 e. The summed E-state index contributed by atoms with van der Waals surface area (Å²) in [5.74, 6) is -2.25. The number of hydrogen-bond acceptors (Lipinski definition) is 4. The Hall–Kier alpha value is -2.35. The number of aromatic nitrogens is 1. The van der Waals surface area contributed by atoms with Crippen LogP contribution in [0.4, 0.5) is 13.9 Å². The van der Waals surface area contributed by atoms with Crippen LogP contribution in [0.2, 0.25) is 0 Å². The second kappa shape index (κ2) is 8.77. The Morgan fingerprint density at radius 1 is 1.18 bits per heavy atom. The number of anilines is 1. The fourth-order valence-electron chi connectivity index (χ4n) is 3.19. The van der Waals surface area contributed by atoms with Crippen LogP contribution < -0.4 is 5.32 Å². The lowest BCUT2D eigenvalue weighted by Crippen LogP contribution is -2.30. The first-order valence-electron chi connectivity index (χ1n) is 8.58. The van der Waals surface area contributed by atoms with E-state index in [2.05, 4.69) is 33.4 Å². The van der Waals surface area contributed by atoms with Gasteiger partial charge in [0.2, 0.25) is 0 Å². The first-order chi connectivity index (χ1) is 13.1. The number of carbonyl (C=O) groups is 1. The molecular weight excluding hydrogens is 404 g/mol. The van der Waals surface area contributed by atoms with Crippen molar-refractivity contribution < 1.29 is 13.6 Å². The van der Waals surface area contributed by atoms with Crippen molar-refractivity contribution in [2.75, 3.05) is 11.9 Å². The van der Waals surface area contributed by atoms with E-state index in [-0.39, 0.29) is 18.0 Å². The van der Waals surface area contributed by atoms with Crippen LogP contribution >= 0.6 is 23.7 Å². The van der Waals surface area contributed by atoms with E-state index in [4.69, 9.17) is 0 Å². The van der Waals surface area contributed by atoms with E-state index < -0.39 is 17.5 Å². The van der Waals surface area contributed by atoms with E-state index >= 15 is 0 Å². The molecule has 1 aromatic heterocycles. The van der Waals surface area contributed by atoms with E-state index in [0.717, 1.165) is 37.3 Å². The molecular formula is C20H18ClF2N3OS. The number of fused-ring (bicyclic) bond motifs is 1. The predicted molar refractivity (Wildman–Crippen MR) is 108 cm³/mol. The Balaban J connectivity index is 0.00000225. The highest BCUT2D eigenvalue weighted by molar-refractivity contribution is 7.13. The van der Waals surface area contributed by atoms with Crippen molar-refractivity contribution in [3.8, 4) is 0 Å². The average molecular weight is 422 g/mol. The van der Waals surface area contributed by atoms with Gasteiger partial charge in [0.25, 0.3) is 5.91 Å². The average Bonchev–Trinajstić information content (AvgIpc) is 3.08. The Labute approximate surface area is 171 Å². The lowest BCUT2D eigenvalue weighted by atomic mass is 10.00. The summed E-state index contributed by atoms with van der Waals surface area (Å²) < 4.78 is 26.7. The van der Waals surface area contributed by atoms with Gasteiger partial charge in [-0.05, 0) is 29.7 Å². The second-order valence-corrected chi connectivity index (χ2v) is 7.31. The molecule has 2 aromatic carbocycles. The summed E-state index contributed by atoms with van der Waals surface area (Å²) >= 11 is 1.29. The van der Waals surface area contributed by atoms with Gasteiger partial charge in [-0.3, -0.25) is 15.0 Å². The molecule has 0 fully saturated rings. The first-order valence-corrected chi connectivity index (χ1v) is 9.46. The molecule has 0 aliphatic carbocycles. The molecule has 146 valence electrons. The molecule has 0 unspecified atom stereocenters. The third-order valence-corrected chi connectivity index (χ3v) is 5.35. The van der Waals surface area contributed by atoms with Crippen LogP contribution in [0.1, 0.15) is 27.2 Å². The monoisotopic (exact) mass is 421 g/mol. The van der Waals surface area contributed by atoms with Crippen molar-refractivity contribution in [2.45, 2.75) is 19.5 Å². The van der Waals surface area contributed by atoms with E-state index in [9.17, 15) is 13.6 Å². The maximum absolute atomic E-state index is 13.7. The molecule has 0 saturated carbocycles. The number of benzene rings is 2. The highest BCUT2D eigenvalue weighted by Crippen LogP contribution is 2.23. The second-order valence-electron chi connectivity index (χ2n) is 6.45. The van der Waals surface area contributed by atoms with Crippen LogP contribution in [0.5, 0.6) is 0 Å². The van der Waals surface area contributed by atoms with Gasteiger partial charge in [-0.2, -0.15) is 0 Å². The van der Waals surface area contributed by atoms with Gasteiger partial charge < -0.3 is 0 Å². The van der Waals surface area contributed by atoms with E-state index in [0.29, 0.717) is 17.7 Å². The maximum atomic E-state index is 13.7. The van der Waals surface area contributed by atoms with Crippen LogP contribution in [0.15, 0.2) is 47.8 Å².